The predicted octanol–water partition coefficient (Wildman–Crippen LogP) is 1.85. The second-order valence-corrected chi connectivity index (χ2v) is 4.67. The van der Waals surface area contributed by atoms with Crippen molar-refractivity contribution in [1.82, 2.24) is 5.32 Å². The van der Waals surface area contributed by atoms with Gasteiger partial charge in [-0.05, 0) is 31.4 Å². The molecule has 0 spiro atoms. The van der Waals surface area contributed by atoms with Crippen LogP contribution in [0.5, 0.6) is 0 Å². The summed E-state index contributed by atoms with van der Waals surface area (Å²) < 4.78 is 13.5. The number of carbonyl (C=O) groups is 1. The van der Waals surface area contributed by atoms with Gasteiger partial charge in [0.05, 0.1) is 0 Å². The molecule has 0 saturated carbocycles. The predicted molar refractivity (Wildman–Crippen MR) is 73.4 cm³/mol. The highest BCUT2D eigenvalue weighted by molar-refractivity contribution is 5.95. The largest absolute Gasteiger partial charge is 0.398 e. The minimum Gasteiger partial charge on any atom is -0.398 e. The number of rotatable bonds is 6. The highest BCUT2D eigenvalue weighted by Gasteiger charge is 2.13. The molecule has 0 fully saturated rings. The van der Waals surface area contributed by atoms with Crippen LogP contribution in [-0.4, -0.2) is 24.2 Å². The van der Waals surface area contributed by atoms with Crippen molar-refractivity contribution in [2.75, 3.05) is 18.9 Å². The molecule has 1 rings (SSSR count). The van der Waals surface area contributed by atoms with Crippen molar-refractivity contribution in [3.63, 3.8) is 0 Å². The number of nitrogens with one attached hydrogen (secondary N) is 1. The zero-order valence-corrected chi connectivity index (χ0v) is 11.4. The molecule has 0 radical (unpaired) electrons. The van der Waals surface area contributed by atoms with E-state index in [0.717, 1.165) is 6.42 Å². The first-order valence-corrected chi connectivity index (χ1v) is 6.44. The summed E-state index contributed by atoms with van der Waals surface area (Å²) >= 11 is 0. The molecule has 0 aromatic heterocycles. The van der Waals surface area contributed by atoms with Crippen LogP contribution in [0.3, 0.4) is 0 Å². The Morgan fingerprint density at radius 2 is 2.21 bits per heavy atom. The van der Waals surface area contributed by atoms with Crippen molar-refractivity contribution < 1.29 is 14.3 Å². The van der Waals surface area contributed by atoms with Crippen LogP contribution < -0.4 is 11.1 Å². The minimum atomic E-state index is -0.479. The van der Waals surface area contributed by atoms with Crippen LogP contribution in [0.15, 0.2) is 12.1 Å². The Bertz CT molecular complexity index is 426. The van der Waals surface area contributed by atoms with Gasteiger partial charge in [0.2, 0.25) is 0 Å². The highest BCUT2D eigenvalue weighted by atomic mass is 19.1. The fourth-order valence-corrected chi connectivity index (χ4v) is 1.80. The van der Waals surface area contributed by atoms with E-state index in [1.807, 2.05) is 6.92 Å². The number of halogens is 1. The van der Waals surface area contributed by atoms with Gasteiger partial charge in [0, 0.05) is 30.0 Å². The van der Waals surface area contributed by atoms with Crippen LogP contribution in [0.1, 0.15) is 35.7 Å². The smallest absolute Gasteiger partial charge is 0.251 e. The number of aliphatic hydroxyl groups excluding tert-OH is 1. The first-order chi connectivity index (χ1) is 8.99. The molecular formula is C14H21FN2O2. The fourth-order valence-electron chi connectivity index (χ4n) is 1.80. The molecule has 0 heterocycles. The fraction of sp³-hybridized carbons (Fsp3) is 0.500. The summed E-state index contributed by atoms with van der Waals surface area (Å²) in [5.41, 5.74) is 6.48. The molecule has 1 atom stereocenters. The van der Waals surface area contributed by atoms with Gasteiger partial charge in [-0.15, -0.1) is 0 Å². The number of benzene rings is 1. The van der Waals surface area contributed by atoms with Crippen molar-refractivity contribution in [3.05, 3.63) is 29.1 Å². The van der Waals surface area contributed by atoms with Gasteiger partial charge in [0.15, 0.2) is 0 Å². The van der Waals surface area contributed by atoms with E-state index in [1.54, 1.807) is 6.92 Å². The summed E-state index contributed by atoms with van der Waals surface area (Å²) in [6.45, 7) is 4.13. The molecule has 5 heteroatoms. The highest BCUT2D eigenvalue weighted by Crippen LogP contribution is 2.17. The van der Waals surface area contributed by atoms with Crippen LogP contribution in [-0.2, 0) is 0 Å². The lowest BCUT2D eigenvalue weighted by Gasteiger charge is -2.14. The maximum absolute atomic E-state index is 13.5. The third-order valence-corrected chi connectivity index (χ3v) is 3.31. The van der Waals surface area contributed by atoms with E-state index in [-0.39, 0.29) is 29.7 Å². The van der Waals surface area contributed by atoms with E-state index in [9.17, 15) is 9.18 Å². The van der Waals surface area contributed by atoms with Gasteiger partial charge in [-0.3, -0.25) is 4.79 Å². The first-order valence-electron chi connectivity index (χ1n) is 6.44. The SMILES string of the molecule is CCC(CCO)CNC(=O)c1cc(N)c(C)c(F)c1. The van der Waals surface area contributed by atoms with E-state index in [1.165, 1.54) is 12.1 Å². The number of amides is 1. The molecule has 0 bridgehead atoms. The van der Waals surface area contributed by atoms with Crippen molar-refractivity contribution in [2.45, 2.75) is 26.7 Å². The summed E-state index contributed by atoms with van der Waals surface area (Å²) in [4.78, 5) is 11.9. The van der Waals surface area contributed by atoms with Gasteiger partial charge in [0.1, 0.15) is 5.82 Å². The molecule has 19 heavy (non-hydrogen) atoms. The zero-order valence-electron chi connectivity index (χ0n) is 11.4. The van der Waals surface area contributed by atoms with Crippen LogP contribution in [0.25, 0.3) is 0 Å². The van der Waals surface area contributed by atoms with Gasteiger partial charge < -0.3 is 16.2 Å². The zero-order chi connectivity index (χ0) is 14.4. The van der Waals surface area contributed by atoms with Crippen LogP contribution in [0, 0.1) is 18.7 Å². The number of hydrogen-bond acceptors (Lipinski definition) is 3. The molecular weight excluding hydrogens is 247 g/mol. The van der Waals surface area contributed by atoms with Gasteiger partial charge in [-0.25, -0.2) is 4.39 Å². The van der Waals surface area contributed by atoms with Gasteiger partial charge in [0.25, 0.3) is 5.91 Å². The number of anilines is 1. The molecule has 1 unspecified atom stereocenters. The quantitative estimate of drug-likeness (QED) is 0.689. The molecule has 106 valence electrons. The summed E-state index contributed by atoms with van der Waals surface area (Å²) in [7, 11) is 0. The maximum Gasteiger partial charge on any atom is 0.251 e. The van der Waals surface area contributed by atoms with Gasteiger partial charge in [-0.2, -0.15) is 0 Å². The number of hydrogen-bond donors (Lipinski definition) is 3. The number of nitrogens with two attached hydrogens (primary N) is 1. The lowest BCUT2D eigenvalue weighted by atomic mass is 10.0. The average Bonchev–Trinajstić information content (AvgIpc) is 2.39. The summed E-state index contributed by atoms with van der Waals surface area (Å²) in [5, 5.41) is 11.6. The molecule has 4 nitrogen and oxygen atoms in total. The summed E-state index contributed by atoms with van der Waals surface area (Å²) in [5.74, 6) is -0.601. The van der Waals surface area contributed by atoms with E-state index >= 15 is 0 Å². The van der Waals surface area contributed by atoms with Crippen molar-refractivity contribution in [3.8, 4) is 0 Å². The van der Waals surface area contributed by atoms with Crippen molar-refractivity contribution in [1.29, 1.82) is 0 Å². The van der Waals surface area contributed by atoms with E-state index < -0.39 is 5.82 Å². The Morgan fingerprint density at radius 3 is 2.74 bits per heavy atom. The number of carbonyl (C=O) groups excluding carboxylic acids is 1. The van der Waals surface area contributed by atoms with Crippen LogP contribution >= 0.6 is 0 Å². The molecule has 0 aliphatic heterocycles. The summed E-state index contributed by atoms with van der Waals surface area (Å²) in [6, 6.07) is 2.66. The monoisotopic (exact) mass is 268 g/mol. The van der Waals surface area contributed by atoms with Crippen LogP contribution in [0.2, 0.25) is 0 Å². The van der Waals surface area contributed by atoms with Gasteiger partial charge in [-0.1, -0.05) is 13.3 Å². The van der Waals surface area contributed by atoms with E-state index in [2.05, 4.69) is 5.32 Å². The Labute approximate surface area is 112 Å². The molecule has 0 saturated heterocycles. The van der Waals surface area contributed by atoms with E-state index in [0.29, 0.717) is 18.5 Å². The van der Waals surface area contributed by atoms with Crippen LogP contribution in [0.4, 0.5) is 10.1 Å². The first kappa shape index (κ1) is 15.4. The molecule has 1 aromatic rings. The third-order valence-electron chi connectivity index (χ3n) is 3.31. The third kappa shape index (κ3) is 4.21. The summed E-state index contributed by atoms with van der Waals surface area (Å²) in [6.07, 6.45) is 1.51. The van der Waals surface area contributed by atoms with Crippen molar-refractivity contribution in [2.24, 2.45) is 5.92 Å². The molecule has 1 aromatic carbocycles. The molecule has 1 amide bonds. The standard InChI is InChI=1S/C14H21FN2O2/c1-3-10(4-5-18)8-17-14(19)11-6-12(15)9(2)13(16)7-11/h6-7,10,18H,3-5,8,16H2,1-2H3,(H,17,19). The Hall–Kier alpha value is -1.62. The lowest BCUT2D eigenvalue weighted by molar-refractivity contribution is 0.0943. The lowest BCUT2D eigenvalue weighted by Crippen LogP contribution is -2.29. The molecule has 4 N–H and O–H groups in total. The Balaban J connectivity index is 2.68. The topological polar surface area (TPSA) is 75.3 Å². The average molecular weight is 268 g/mol. The number of nitrogen functional groups attached to an aromatic ring is 1. The molecule has 0 aliphatic rings. The second kappa shape index (κ2) is 7.09. The maximum atomic E-state index is 13.5. The minimum absolute atomic E-state index is 0.0977. The van der Waals surface area contributed by atoms with Gasteiger partial charge >= 0.3 is 0 Å². The normalized spacial score (nSPS) is 12.2. The van der Waals surface area contributed by atoms with E-state index in [4.69, 9.17) is 10.8 Å². The number of aliphatic hydroxyl groups is 1. The second-order valence-electron chi connectivity index (χ2n) is 4.67. The Morgan fingerprint density at radius 1 is 1.53 bits per heavy atom. The Kier molecular flexibility index (Phi) is 5.76. The molecule has 0 aliphatic carbocycles. The van der Waals surface area contributed by atoms with Crippen molar-refractivity contribution >= 4 is 11.6 Å².